The van der Waals surface area contributed by atoms with Crippen LogP contribution in [0.15, 0.2) is 30.3 Å². The van der Waals surface area contributed by atoms with Crippen molar-refractivity contribution in [3.63, 3.8) is 0 Å². The second-order valence-electron chi connectivity index (χ2n) is 2.40. The summed E-state index contributed by atoms with van der Waals surface area (Å²) in [5.74, 6) is -0.420. The second kappa shape index (κ2) is 4.27. The van der Waals surface area contributed by atoms with E-state index in [1.807, 2.05) is 0 Å². The molecule has 0 saturated heterocycles. The molecule has 1 aromatic carbocycles. The highest BCUT2D eigenvalue weighted by molar-refractivity contribution is 5.90. The third-order valence-corrected chi connectivity index (χ3v) is 1.43. The molecule has 1 amide bonds. The Morgan fingerprint density at radius 3 is 2.46 bits per heavy atom. The molecule has 0 bridgehead atoms. The van der Waals surface area contributed by atoms with Gasteiger partial charge in [0.25, 0.3) is 5.91 Å². The number of benzene rings is 1. The van der Waals surface area contributed by atoms with E-state index in [1.54, 1.807) is 12.1 Å². The molecule has 0 fully saturated rings. The van der Waals surface area contributed by atoms with Gasteiger partial charge in [0.15, 0.2) is 0 Å². The number of phenols is 1. The maximum absolute atomic E-state index is 10.6. The fourth-order valence-electron chi connectivity index (χ4n) is 0.795. The molecule has 13 heavy (non-hydrogen) atoms. The van der Waals surface area contributed by atoms with Crippen LogP contribution in [0.2, 0.25) is 0 Å². The molecular weight excluding hydrogens is 170 g/mol. The van der Waals surface area contributed by atoms with E-state index < -0.39 is 5.91 Å². The molecule has 0 spiro atoms. The van der Waals surface area contributed by atoms with Crippen LogP contribution in [0.25, 0.3) is 6.08 Å². The van der Waals surface area contributed by atoms with E-state index >= 15 is 0 Å². The molecule has 3 N–H and O–H groups in total. The molecule has 0 radical (unpaired) electrons. The zero-order valence-corrected chi connectivity index (χ0v) is 6.77. The number of amides is 1. The van der Waals surface area contributed by atoms with Gasteiger partial charge in [0.2, 0.25) is 0 Å². The van der Waals surface area contributed by atoms with Crippen LogP contribution in [0.4, 0.5) is 0 Å². The number of aromatic hydroxyl groups is 1. The number of hydrogen-bond acceptors (Lipinski definition) is 3. The van der Waals surface area contributed by atoms with Crippen molar-refractivity contribution < 1.29 is 15.1 Å². The van der Waals surface area contributed by atoms with Gasteiger partial charge in [-0.2, -0.15) is 0 Å². The summed E-state index contributed by atoms with van der Waals surface area (Å²) in [7, 11) is 0. The average molecular weight is 179 g/mol. The lowest BCUT2D eigenvalue weighted by Gasteiger charge is -1.93. The lowest BCUT2D eigenvalue weighted by atomic mass is 10.2. The Balaban J connectivity index is 2.69. The van der Waals surface area contributed by atoms with Crippen molar-refractivity contribution in [1.29, 1.82) is 0 Å². The Bertz CT molecular complexity index is 316. The summed E-state index contributed by atoms with van der Waals surface area (Å²) in [6.07, 6.45) is 2.71. The van der Waals surface area contributed by atoms with Crippen molar-refractivity contribution in [3.05, 3.63) is 35.9 Å². The van der Waals surface area contributed by atoms with E-state index in [9.17, 15) is 4.79 Å². The van der Waals surface area contributed by atoms with Gasteiger partial charge in [-0.1, -0.05) is 12.1 Å². The number of hydrogen-bond donors (Lipinski definition) is 3. The number of nitrogens with one attached hydrogen (secondary N) is 1. The fourth-order valence-corrected chi connectivity index (χ4v) is 0.795. The monoisotopic (exact) mass is 179 g/mol. The van der Waals surface area contributed by atoms with Crippen molar-refractivity contribution in [2.45, 2.75) is 0 Å². The van der Waals surface area contributed by atoms with E-state index in [1.165, 1.54) is 29.8 Å². The molecule has 0 aliphatic heterocycles. The molecule has 0 aliphatic carbocycles. The standard InChI is InChI=1S/C9H9NO3/c11-8-4-1-7(2-5-8)3-6-9(12)10-13/h1-6,11,13H,(H,10,12). The van der Waals surface area contributed by atoms with E-state index in [2.05, 4.69) is 0 Å². The highest BCUT2D eigenvalue weighted by atomic mass is 16.5. The molecule has 0 unspecified atom stereocenters. The summed E-state index contributed by atoms with van der Waals surface area (Å²) in [5.41, 5.74) is 2.24. The van der Waals surface area contributed by atoms with Gasteiger partial charge in [-0.05, 0) is 23.8 Å². The average Bonchev–Trinajstić information content (AvgIpc) is 2.16. The van der Waals surface area contributed by atoms with E-state index in [0.717, 1.165) is 5.56 Å². The third-order valence-electron chi connectivity index (χ3n) is 1.43. The van der Waals surface area contributed by atoms with Crippen LogP contribution < -0.4 is 5.48 Å². The van der Waals surface area contributed by atoms with Crippen molar-refractivity contribution in [3.8, 4) is 5.75 Å². The first kappa shape index (κ1) is 9.28. The van der Waals surface area contributed by atoms with Gasteiger partial charge in [0.05, 0.1) is 0 Å². The Kier molecular flexibility index (Phi) is 3.05. The fraction of sp³-hybridized carbons (Fsp3) is 0. The quantitative estimate of drug-likeness (QED) is 0.359. The number of carbonyl (C=O) groups is 1. The van der Waals surface area contributed by atoms with Gasteiger partial charge in [0.1, 0.15) is 5.75 Å². The third kappa shape index (κ3) is 2.96. The van der Waals surface area contributed by atoms with Crippen LogP contribution >= 0.6 is 0 Å². The normalized spacial score (nSPS) is 10.2. The van der Waals surface area contributed by atoms with Crippen molar-refractivity contribution in [1.82, 2.24) is 5.48 Å². The van der Waals surface area contributed by atoms with Gasteiger partial charge >= 0.3 is 0 Å². The maximum atomic E-state index is 10.6. The van der Waals surface area contributed by atoms with Crippen LogP contribution in [0, 0.1) is 0 Å². The zero-order valence-electron chi connectivity index (χ0n) is 6.77. The topological polar surface area (TPSA) is 69.6 Å². The highest BCUT2D eigenvalue weighted by Gasteiger charge is 1.91. The number of phenolic OH excluding ortho intramolecular Hbond substituents is 1. The number of hydroxylamine groups is 1. The molecule has 68 valence electrons. The smallest absolute Gasteiger partial charge is 0.267 e. The van der Waals surface area contributed by atoms with Gasteiger partial charge in [-0.3, -0.25) is 10.0 Å². The molecule has 0 saturated carbocycles. The van der Waals surface area contributed by atoms with Crippen LogP contribution in [0.3, 0.4) is 0 Å². The molecule has 0 atom stereocenters. The van der Waals surface area contributed by atoms with Crippen molar-refractivity contribution in [2.24, 2.45) is 0 Å². The SMILES string of the molecule is O=C(C=Cc1ccc(O)cc1)NO. The summed E-state index contributed by atoms with van der Waals surface area (Å²) in [6.45, 7) is 0. The maximum Gasteiger partial charge on any atom is 0.267 e. The molecule has 4 nitrogen and oxygen atoms in total. The lowest BCUT2D eigenvalue weighted by Crippen LogP contribution is -2.14. The zero-order chi connectivity index (χ0) is 9.68. The van der Waals surface area contributed by atoms with Crippen molar-refractivity contribution in [2.75, 3.05) is 0 Å². The Labute approximate surface area is 75.1 Å². The molecule has 0 aromatic heterocycles. The van der Waals surface area contributed by atoms with Gasteiger partial charge in [0, 0.05) is 6.08 Å². The molecule has 1 rings (SSSR count). The minimum absolute atomic E-state index is 0.170. The first-order chi connectivity index (χ1) is 6.22. The summed E-state index contributed by atoms with van der Waals surface area (Å²) in [4.78, 5) is 10.6. The Morgan fingerprint density at radius 2 is 1.92 bits per heavy atom. The van der Waals surface area contributed by atoms with Gasteiger partial charge in [-0.25, -0.2) is 5.48 Å². The Hall–Kier alpha value is -1.81. The molecular formula is C9H9NO3. The predicted octanol–water partition coefficient (Wildman–Crippen LogP) is 0.911. The first-order valence-corrected chi connectivity index (χ1v) is 3.63. The van der Waals surface area contributed by atoms with Crippen LogP contribution in [-0.2, 0) is 4.79 Å². The number of carbonyl (C=O) groups excluding carboxylic acids is 1. The summed E-state index contributed by atoms with van der Waals surface area (Å²) in [6, 6.07) is 6.32. The van der Waals surface area contributed by atoms with E-state index in [4.69, 9.17) is 10.3 Å². The Morgan fingerprint density at radius 1 is 1.31 bits per heavy atom. The minimum atomic E-state index is -0.590. The van der Waals surface area contributed by atoms with E-state index in [0.29, 0.717) is 0 Å². The van der Waals surface area contributed by atoms with Crippen LogP contribution in [-0.4, -0.2) is 16.2 Å². The molecule has 0 heterocycles. The lowest BCUT2D eigenvalue weighted by molar-refractivity contribution is -0.124. The minimum Gasteiger partial charge on any atom is -0.508 e. The summed E-state index contributed by atoms with van der Waals surface area (Å²) >= 11 is 0. The van der Waals surface area contributed by atoms with Gasteiger partial charge < -0.3 is 5.11 Å². The summed E-state index contributed by atoms with van der Waals surface area (Å²) in [5, 5.41) is 17.1. The second-order valence-corrected chi connectivity index (χ2v) is 2.40. The number of rotatable bonds is 2. The van der Waals surface area contributed by atoms with Crippen LogP contribution in [0.5, 0.6) is 5.75 Å². The predicted molar refractivity (Wildman–Crippen MR) is 47.1 cm³/mol. The molecule has 4 heteroatoms. The molecule has 0 aliphatic rings. The van der Waals surface area contributed by atoms with Gasteiger partial charge in [-0.15, -0.1) is 0 Å². The van der Waals surface area contributed by atoms with Crippen LogP contribution in [0.1, 0.15) is 5.56 Å². The largest absolute Gasteiger partial charge is 0.508 e. The van der Waals surface area contributed by atoms with Crippen molar-refractivity contribution >= 4 is 12.0 Å². The molecule has 1 aromatic rings. The summed E-state index contributed by atoms with van der Waals surface area (Å²) < 4.78 is 0. The van der Waals surface area contributed by atoms with E-state index in [-0.39, 0.29) is 5.75 Å². The first-order valence-electron chi connectivity index (χ1n) is 3.63. The highest BCUT2D eigenvalue weighted by Crippen LogP contribution is 2.10.